The van der Waals surface area contributed by atoms with Gasteiger partial charge in [0.25, 0.3) is 0 Å². The molecule has 2 N–H and O–H groups in total. The fraction of sp³-hybridized carbons (Fsp3) is 0.500. The zero-order valence-electron chi connectivity index (χ0n) is 8.62. The molecule has 0 heterocycles. The number of anilines is 1. The van der Waals surface area contributed by atoms with Gasteiger partial charge in [0.2, 0.25) is 0 Å². The van der Waals surface area contributed by atoms with Crippen molar-refractivity contribution < 1.29 is 5.11 Å². The lowest BCUT2D eigenvalue weighted by Gasteiger charge is -2.37. The zero-order valence-corrected chi connectivity index (χ0v) is 9.37. The molecule has 0 radical (unpaired) electrons. The van der Waals surface area contributed by atoms with Crippen LogP contribution in [0.5, 0.6) is 0 Å². The minimum Gasteiger partial charge on any atom is -0.369 e. The second kappa shape index (κ2) is 4.42. The topological polar surface area (TPSA) is 32.3 Å². The zero-order chi connectivity index (χ0) is 10.7. The molecule has 3 heteroatoms. The molecule has 0 spiro atoms. The molecule has 2 nitrogen and oxygen atoms in total. The van der Waals surface area contributed by atoms with Gasteiger partial charge in [-0.1, -0.05) is 24.6 Å². The summed E-state index contributed by atoms with van der Waals surface area (Å²) in [5.41, 5.74) is -0.0196. The van der Waals surface area contributed by atoms with Crippen LogP contribution < -0.4 is 5.32 Å². The van der Waals surface area contributed by atoms with Crippen LogP contribution in [-0.4, -0.2) is 16.2 Å². The van der Waals surface area contributed by atoms with Crippen molar-refractivity contribution >= 4 is 17.3 Å². The molecule has 0 aliphatic heterocycles. The van der Waals surface area contributed by atoms with Gasteiger partial charge in [0.1, 0.15) is 0 Å². The van der Waals surface area contributed by atoms with Crippen LogP contribution in [0.2, 0.25) is 0 Å². The van der Waals surface area contributed by atoms with E-state index >= 15 is 0 Å². The molecule has 0 aromatic heterocycles. The molecule has 1 aliphatic carbocycles. The summed E-state index contributed by atoms with van der Waals surface area (Å²) in [6, 6.07) is 9.72. The van der Waals surface area contributed by atoms with Gasteiger partial charge in [0.15, 0.2) is 5.72 Å². The summed E-state index contributed by atoms with van der Waals surface area (Å²) in [6.07, 6.45) is 3.72. The number of rotatable bonds is 2. The smallest absolute Gasteiger partial charge is 0.151 e. The summed E-state index contributed by atoms with van der Waals surface area (Å²) in [7, 11) is 0. The van der Waals surface area contributed by atoms with Crippen LogP contribution in [0.15, 0.2) is 30.3 Å². The minimum atomic E-state index is -0.943. The quantitative estimate of drug-likeness (QED) is 0.599. The average Bonchev–Trinajstić information content (AvgIpc) is 2.24. The molecule has 15 heavy (non-hydrogen) atoms. The van der Waals surface area contributed by atoms with Crippen molar-refractivity contribution in [1.29, 1.82) is 0 Å². The first-order valence-corrected chi connectivity index (χ1v) is 5.84. The molecule has 1 aliphatic rings. The molecule has 1 aromatic rings. The lowest BCUT2D eigenvalue weighted by atomic mass is 9.91. The van der Waals surface area contributed by atoms with Crippen LogP contribution in [0.4, 0.5) is 5.69 Å². The average molecular weight is 226 g/mol. The summed E-state index contributed by atoms with van der Waals surface area (Å²) in [4.78, 5) is 0. The van der Waals surface area contributed by atoms with Crippen molar-refractivity contribution in [2.75, 3.05) is 5.32 Å². The number of alkyl halides is 1. The minimum absolute atomic E-state index is 0.202. The van der Waals surface area contributed by atoms with Gasteiger partial charge < -0.3 is 10.4 Å². The van der Waals surface area contributed by atoms with E-state index in [2.05, 4.69) is 5.32 Å². The molecule has 0 saturated heterocycles. The van der Waals surface area contributed by atoms with E-state index in [-0.39, 0.29) is 5.38 Å². The van der Waals surface area contributed by atoms with Crippen molar-refractivity contribution in [3.63, 3.8) is 0 Å². The lowest BCUT2D eigenvalue weighted by Crippen LogP contribution is -2.48. The van der Waals surface area contributed by atoms with E-state index in [9.17, 15) is 5.11 Å². The molecule has 2 unspecified atom stereocenters. The van der Waals surface area contributed by atoms with Gasteiger partial charge in [-0.3, -0.25) is 0 Å². The number of halogens is 1. The third-order valence-corrected chi connectivity index (χ3v) is 3.50. The number of aliphatic hydroxyl groups is 1. The number of hydrogen-bond acceptors (Lipinski definition) is 2. The van der Waals surface area contributed by atoms with Gasteiger partial charge in [0, 0.05) is 5.69 Å². The number of benzene rings is 1. The first kappa shape index (κ1) is 10.8. The second-order valence-corrected chi connectivity index (χ2v) is 4.66. The Morgan fingerprint density at radius 2 is 2.00 bits per heavy atom. The summed E-state index contributed by atoms with van der Waals surface area (Å²) in [6.45, 7) is 0. The highest BCUT2D eigenvalue weighted by atomic mass is 35.5. The van der Waals surface area contributed by atoms with Crippen molar-refractivity contribution in [1.82, 2.24) is 0 Å². The molecular formula is C12H16ClNO. The Hall–Kier alpha value is -0.730. The summed E-state index contributed by atoms with van der Waals surface area (Å²) >= 11 is 6.16. The van der Waals surface area contributed by atoms with E-state index in [1.54, 1.807) is 0 Å². The third kappa shape index (κ3) is 2.44. The number of para-hydroxylation sites is 1. The van der Waals surface area contributed by atoms with E-state index in [1.807, 2.05) is 30.3 Å². The molecule has 1 saturated carbocycles. The monoisotopic (exact) mass is 225 g/mol. The molecule has 0 bridgehead atoms. The Labute approximate surface area is 95.3 Å². The van der Waals surface area contributed by atoms with Crippen molar-refractivity contribution in [3.8, 4) is 0 Å². The Morgan fingerprint density at radius 3 is 2.67 bits per heavy atom. The molecule has 0 amide bonds. The highest BCUT2D eigenvalue weighted by molar-refractivity contribution is 6.21. The largest absolute Gasteiger partial charge is 0.369 e. The molecule has 1 aromatic carbocycles. The SMILES string of the molecule is OC1(Nc2ccccc2)CCCCC1Cl. The fourth-order valence-electron chi connectivity index (χ4n) is 2.03. The Balaban J connectivity index is 2.09. The fourth-order valence-corrected chi connectivity index (χ4v) is 2.34. The first-order chi connectivity index (χ1) is 7.21. The normalized spacial score (nSPS) is 31.2. The maximum absolute atomic E-state index is 10.4. The van der Waals surface area contributed by atoms with E-state index in [0.717, 1.165) is 31.4 Å². The van der Waals surface area contributed by atoms with Gasteiger partial charge >= 0.3 is 0 Å². The summed E-state index contributed by atoms with van der Waals surface area (Å²) in [5, 5.41) is 13.3. The van der Waals surface area contributed by atoms with E-state index < -0.39 is 5.72 Å². The predicted octanol–water partition coefficient (Wildman–Crippen LogP) is 2.97. The van der Waals surface area contributed by atoms with Crippen LogP contribution >= 0.6 is 11.6 Å². The van der Waals surface area contributed by atoms with Gasteiger partial charge in [-0.2, -0.15) is 0 Å². The van der Waals surface area contributed by atoms with Crippen LogP contribution in [0.3, 0.4) is 0 Å². The van der Waals surface area contributed by atoms with E-state index in [0.29, 0.717) is 0 Å². The number of nitrogens with one attached hydrogen (secondary N) is 1. The maximum atomic E-state index is 10.4. The molecule has 82 valence electrons. The van der Waals surface area contributed by atoms with Crippen LogP contribution in [0, 0.1) is 0 Å². The summed E-state index contributed by atoms with van der Waals surface area (Å²) < 4.78 is 0. The highest BCUT2D eigenvalue weighted by Gasteiger charge is 2.37. The van der Waals surface area contributed by atoms with Gasteiger partial charge in [0.05, 0.1) is 5.38 Å². The van der Waals surface area contributed by atoms with Crippen molar-refractivity contribution in [3.05, 3.63) is 30.3 Å². The standard InChI is InChI=1S/C12H16ClNO/c13-11-8-4-5-9-12(11,15)14-10-6-2-1-3-7-10/h1-3,6-7,11,14-15H,4-5,8-9H2. The van der Waals surface area contributed by atoms with Crippen molar-refractivity contribution in [2.24, 2.45) is 0 Å². The maximum Gasteiger partial charge on any atom is 0.151 e. The van der Waals surface area contributed by atoms with Gasteiger partial charge in [-0.15, -0.1) is 11.6 Å². The highest BCUT2D eigenvalue weighted by Crippen LogP contribution is 2.33. The Bertz CT molecular complexity index is 317. The first-order valence-electron chi connectivity index (χ1n) is 5.40. The predicted molar refractivity (Wildman–Crippen MR) is 63.1 cm³/mol. The second-order valence-electron chi connectivity index (χ2n) is 4.13. The third-order valence-electron chi connectivity index (χ3n) is 2.92. The van der Waals surface area contributed by atoms with Crippen LogP contribution in [0.25, 0.3) is 0 Å². The molecular weight excluding hydrogens is 210 g/mol. The Morgan fingerprint density at radius 1 is 1.27 bits per heavy atom. The summed E-state index contributed by atoms with van der Waals surface area (Å²) in [5.74, 6) is 0. The van der Waals surface area contributed by atoms with Gasteiger partial charge in [-0.05, 0) is 31.4 Å². The molecule has 2 atom stereocenters. The van der Waals surface area contributed by atoms with Crippen LogP contribution in [0.1, 0.15) is 25.7 Å². The molecule has 1 fully saturated rings. The number of hydrogen-bond donors (Lipinski definition) is 2. The van der Waals surface area contributed by atoms with Gasteiger partial charge in [-0.25, -0.2) is 0 Å². The Kier molecular flexibility index (Phi) is 3.17. The van der Waals surface area contributed by atoms with E-state index in [1.165, 1.54) is 0 Å². The molecule has 2 rings (SSSR count). The lowest BCUT2D eigenvalue weighted by molar-refractivity contribution is 0.0360. The van der Waals surface area contributed by atoms with Crippen molar-refractivity contribution in [2.45, 2.75) is 36.8 Å². The van der Waals surface area contributed by atoms with Crippen LogP contribution in [-0.2, 0) is 0 Å². The van der Waals surface area contributed by atoms with E-state index in [4.69, 9.17) is 11.6 Å².